The molecule has 0 saturated heterocycles. The summed E-state index contributed by atoms with van der Waals surface area (Å²) < 4.78 is 0. The van der Waals surface area contributed by atoms with Crippen molar-refractivity contribution >= 4 is 45.7 Å². The van der Waals surface area contributed by atoms with Crippen molar-refractivity contribution in [1.29, 1.82) is 0 Å². The molecule has 3 rings (SSSR count). The fourth-order valence-corrected chi connectivity index (χ4v) is 5.70. The van der Waals surface area contributed by atoms with Gasteiger partial charge in [0, 0.05) is 39.7 Å². The Kier molecular flexibility index (Phi) is 9.86. The highest BCUT2D eigenvalue weighted by Gasteiger charge is 2.34. The molecule has 0 aromatic carbocycles. The van der Waals surface area contributed by atoms with Crippen molar-refractivity contribution in [3.63, 3.8) is 0 Å². The van der Waals surface area contributed by atoms with Gasteiger partial charge < -0.3 is 5.32 Å². The van der Waals surface area contributed by atoms with Crippen molar-refractivity contribution in [3.05, 3.63) is 73.2 Å². The number of thiophene rings is 3. The third-order valence-corrected chi connectivity index (χ3v) is 7.85. The predicted molar refractivity (Wildman–Crippen MR) is 140 cm³/mol. The Morgan fingerprint density at radius 1 is 0.848 bits per heavy atom. The monoisotopic (exact) mass is 501 g/mol. The van der Waals surface area contributed by atoms with Crippen LogP contribution in [0.25, 0.3) is 0 Å². The minimum absolute atomic E-state index is 0.0597. The summed E-state index contributed by atoms with van der Waals surface area (Å²) in [6, 6.07) is 13.2. The summed E-state index contributed by atoms with van der Waals surface area (Å²) in [7, 11) is 0. The molecule has 0 aliphatic carbocycles. The van der Waals surface area contributed by atoms with Crippen LogP contribution in [0.1, 0.15) is 54.7 Å². The van der Waals surface area contributed by atoms with Gasteiger partial charge in [0.15, 0.2) is 5.78 Å². The maximum absolute atomic E-state index is 13.5. The molecule has 0 unspecified atom stereocenters. The maximum Gasteiger partial charge on any atom is 0.225 e. The van der Waals surface area contributed by atoms with E-state index in [0.29, 0.717) is 19.4 Å². The molecule has 3 aromatic rings. The normalized spacial score (nSPS) is 11.9. The van der Waals surface area contributed by atoms with Crippen LogP contribution >= 0.6 is 34.0 Å². The lowest BCUT2D eigenvalue weighted by atomic mass is 9.84. The molecule has 7 heteroatoms. The highest BCUT2D eigenvalue weighted by Crippen LogP contribution is 2.32. The highest BCUT2D eigenvalue weighted by molar-refractivity contribution is 7.10. The first-order valence-corrected chi connectivity index (χ1v) is 14.0. The van der Waals surface area contributed by atoms with Crippen molar-refractivity contribution in [3.8, 4) is 0 Å². The second-order valence-electron chi connectivity index (χ2n) is 9.10. The van der Waals surface area contributed by atoms with E-state index in [1.54, 1.807) is 34.0 Å². The van der Waals surface area contributed by atoms with Crippen LogP contribution in [0.4, 0.5) is 0 Å². The molecule has 4 nitrogen and oxygen atoms in total. The van der Waals surface area contributed by atoms with E-state index in [-0.39, 0.29) is 11.7 Å². The molecule has 0 spiro atoms. The maximum atomic E-state index is 13.5. The number of nitrogens with one attached hydrogen (secondary N) is 1. The van der Waals surface area contributed by atoms with Crippen LogP contribution in [-0.2, 0) is 29.1 Å². The lowest BCUT2D eigenvalue weighted by Crippen LogP contribution is -2.39. The third-order valence-electron chi connectivity index (χ3n) is 5.26. The molecule has 3 aromatic heterocycles. The Labute approximate surface area is 209 Å². The van der Waals surface area contributed by atoms with E-state index < -0.39 is 5.41 Å². The summed E-state index contributed by atoms with van der Waals surface area (Å²) in [5.41, 5.74) is -0.437. The largest absolute Gasteiger partial charge is 0.356 e. The first-order valence-electron chi connectivity index (χ1n) is 11.3. The van der Waals surface area contributed by atoms with E-state index in [1.165, 1.54) is 9.75 Å². The highest BCUT2D eigenvalue weighted by atomic mass is 32.1. The van der Waals surface area contributed by atoms with Gasteiger partial charge in [-0.15, -0.1) is 34.0 Å². The number of unbranched alkanes of at least 4 members (excludes halogenated alkanes) is 1. The fourth-order valence-electron chi connectivity index (χ4n) is 3.56. The van der Waals surface area contributed by atoms with Gasteiger partial charge >= 0.3 is 0 Å². The Hall–Kier alpha value is -1.80. The van der Waals surface area contributed by atoms with Gasteiger partial charge in [-0.25, -0.2) is 0 Å². The number of amides is 1. The molecular formula is C26H33N2O2S3. The van der Waals surface area contributed by atoms with Crippen LogP contribution in [0.5, 0.6) is 0 Å². The summed E-state index contributed by atoms with van der Waals surface area (Å²) in [5.74, 6) is 0.266. The van der Waals surface area contributed by atoms with Crippen molar-refractivity contribution in [1.82, 2.24) is 10.2 Å². The lowest BCUT2D eigenvalue weighted by Gasteiger charge is -2.33. The molecule has 0 fully saturated rings. The van der Waals surface area contributed by atoms with Crippen LogP contribution < -0.4 is 5.32 Å². The summed E-state index contributed by atoms with van der Waals surface area (Å²) in [6.45, 7) is 8.10. The van der Waals surface area contributed by atoms with E-state index in [2.05, 4.69) is 45.2 Å². The van der Waals surface area contributed by atoms with Crippen molar-refractivity contribution in [2.75, 3.05) is 6.54 Å². The van der Waals surface area contributed by atoms with Gasteiger partial charge in [0.05, 0.1) is 6.42 Å². The fraction of sp³-hybridized carbons (Fsp3) is 0.423. The van der Waals surface area contributed by atoms with E-state index in [4.69, 9.17) is 0 Å². The molecule has 0 saturated carbocycles. The second-order valence-corrected chi connectivity index (χ2v) is 12.2. The van der Waals surface area contributed by atoms with E-state index in [1.807, 2.05) is 38.3 Å². The van der Waals surface area contributed by atoms with Gasteiger partial charge in [-0.2, -0.15) is 0 Å². The van der Waals surface area contributed by atoms with Gasteiger partial charge in [0.25, 0.3) is 0 Å². The van der Waals surface area contributed by atoms with Gasteiger partial charge in [0.1, 0.15) is 6.04 Å². The van der Waals surface area contributed by atoms with Gasteiger partial charge in [-0.3, -0.25) is 14.5 Å². The molecule has 1 amide bonds. The first kappa shape index (κ1) is 25.8. The number of rotatable bonds is 13. The zero-order valence-corrected chi connectivity index (χ0v) is 22.1. The Balaban J connectivity index is 1.60. The van der Waals surface area contributed by atoms with Crippen molar-refractivity contribution < 1.29 is 9.59 Å². The van der Waals surface area contributed by atoms with Crippen LogP contribution in [0.3, 0.4) is 0 Å². The molecule has 0 bridgehead atoms. The molecule has 33 heavy (non-hydrogen) atoms. The predicted octanol–water partition coefficient (Wildman–Crippen LogP) is 6.55. The molecule has 1 radical (unpaired) electrons. The van der Waals surface area contributed by atoms with E-state index >= 15 is 0 Å². The Bertz CT molecular complexity index is 922. The molecule has 0 atom stereocenters. The number of Topliss-reactive ketones (excluding diaryl/α,β-unsaturated/α-hetero) is 1. The number of nitrogens with zero attached hydrogens (tertiary/aromatic N) is 1. The van der Waals surface area contributed by atoms with Gasteiger partial charge in [-0.05, 0) is 53.6 Å². The van der Waals surface area contributed by atoms with Gasteiger partial charge in [0.2, 0.25) is 5.91 Å². The number of carbonyl (C=O) groups excluding carboxylic acids is 2. The van der Waals surface area contributed by atoms with Crippen LogP contribution in [-0.4, -0.2) is 23.1 Å². The average molecular weight is 502 g/mol. The zero-order chi connectivity index (χ0) is 23.7. The number of hydrogen-bond donors (Lipinski definition) is 1. The minimum Gasteiger partial charge on any atom is -0.356 e. The topological polar surface area (TPSA) is 49.4 Å². The van der Waals surface area contributed by atoms with E-state index in [9.17, 15) is 9.59 Å². The summed E-state index contributed by atoms with van der Waals surface area (Å²) in [5, 5.41) is 9.18. The van der Waals surface area contributed by atoms with E-state index in [0.717, 1.165) is 36.9 Å². The Morgan fingerprint density at radius 3 is 1.88 bits per heavy atom. The summed E-state index contributed by atoms with van der Waals surface area (Å²) in [4.78, 5) is 31.5. The zero-order valence-electron chi connectivity index (χ0n) is 19.6. The second kappa shape index (κ2) is 12.6. The molecule has 0 aliphatic heterocycles. The summed E-state index contributed by atoms with van der Waals surface area (Å²) in [6.07, 6.45) is 2.87. The Morgan fingerprint density at radius 2 is 1.39 bits per heavy atom. The van der Waals surface area contributed by atoms with Gasteiger partial charge in [-0.1, -0.05) is 39.0 Å². The molecule has 177 valence electrons. The van der Waals surface area contributed by atoms with Crippen molar-refractivity contribution in [2.45, 2.75) is 59.5 Å². The SMILES string of the molecule is CC(C)(C)C(=O)[C](CCCCNC(=O)Cc1cccs1)N(Cc1cccs1)Cc1cccs1. The average Bonchev–Trinajstić information content (AvgIpc) is 3.53. The quantitative estimate of drug-likeness (QED) is 0.270. The summed E-state index contributed by atoms with van der Waals surface area (Å²) >= 11 is 5.06. The van der Waals surface area contributed by atoms with Crippen LogP contribution in [0, 0.1) is 11.5 Å². The number of hydrogen-bond acceptors (Lipinski definition) is 6. The first-order chi connectivity index (χ1) is 15.8. The standard InChI is InChI=1S/C26H33N2O2S3/c1-26(2,3)25(30)23(12-4-5-13-27-24(29)17-20-9-6-14-31-20)28(18-21-10-7-15-32-21)19-22-11-8-16-33-22/h6-11,14-16H,4-5,12-13,17-19H2,1-3H3,(H,27,29). The molecule has 0 aliphatic rings. The van der Waals surface area contributed by atoms with Crippen molar-refractivity contribution in [2.24, 2.45) is 5.41 Å². The smallest absolute Gasteiger partial charge is 0.225 e. The number of carbonyl (C=O) groups is 2. The van der Waals surface area contributed by atoms with Crippen LogP contribution in [0.2, 0.25) is 0 Å². The molecule has 3 heterocycles. The molecule has 1 N–H and O–H groups in total. The third kappa shape index (κ3) is 8.49. The minimum atomic E-state index is -0.437. The molecular weight excluding hydrogens is 468 g/mol. The van der Waals surface area contributed by atoms with Crippen LogP contribution in [0.15, 0.2) is 52.5 Å². The number of ketones is 1. The lowest BCUT2D eigenvalue weighted by molar-refractivity contribution is -0.127.